The van der Waals surface area contributed by atoms with E-state index in [2.05, 4.69) is 0 Å². The van der Waals surface area contributed by atoms with Gasteiger partial charge in [0, 0.05) is 12.1 Å². The number of nitrogens with zero attached hydrogens (tertiary/aromatic N) is 1. The second kappa shape index (κ2) is 8.30. The molecule has 0 saturated carbocycles. The van der Waals surface area contributed by atoms with Crippen molar-refractivity contribution in [3.63, 3.8) is 0 Å². The molecular weight excluding hydrogens is 409 g/mol. The summed E-state index contributed by atoms with van der Waals surface area (Å²) in [4.78, 5) is 27.6. The lowest BCUT2D eigenvalue weighted by molar-refractivity contribution is -0.140. The minimum absolute atomic E-state index is 0.0405. The Labute approximate surface area is 185 Å². The third-order valence-electron chi connectivity index (χ3n) is 5.71. The predicted molar refractivity (Wildman–Crippen MR) is 118 cm³/mol. The summed E-state index contributed by atoms with van der Waals surface area (Å²) in [7, 11) is 0. The topological polar surface area (TPSA) is 77.8 Å². The normalized spacial score (nSPS) is 17.7. The first-order valence-electron chi connectivity index (χ1n) is 10.2. The van der Waals surface area contributed by atoms with Gasteiger partial charge in [-0.3, -0.25) is 9.59 Å². The van der Waals surface area contributed by atoms with Gasteiger partial charge < -0.3 is 15.1 Å². The number of likely N-dealkylation sites (tertiary alicyclic amines) is 1. The minimum Gasteiger partial charge on any atom is -0.508 e. The lowest BCUT2D eigenvalue weighted by Crippen LogP contribution is -2.29. The number of phenolic OH excluding ortho intramolecular Hbond substituents is 1. The highest BCUT2D eigenvalue weighted by atomic mass is 19.1. The molecule has 1 atom stereocenters. The zero-order valence-corrected chi connectivity index (χ0v) is 17.7. The third-order valence-corrected chi connectivity index (χ3v) is 5.71. The molecule has 1 amide bonds. The number of ketones is 1. The van der Waals surface area contributed by atoms with Gasteiger partial charge in [-0.25, -0.2) is 4.39 Å². The Morgan fingerprint density at radius 3 is 2.28 bits per heavy atom. The smallest absolute Gasteiger partial charge is 0.295 e. The van der Waals surface area contributed by atoms with E-state index < -0.39 is 23.5 Å². The van der Waals surface area contributed by atoms with Crippen LogP contribution in [0.3, 0.4) is 0 Å². The number of carbonyl (C=O) groups excluding carboxylic acids is 2. The van der Waals surface area contributed by atoms with Gasteiger partial charge in [-0.2, -0.15) is 0 Å². The molecule has 4 rings (SSSR count). The number of Topliss-reactive ketones (excluding diaryl/α,β-unsaturated/α-hetero) is 1. The highest BCUT2D eigenvalue weighted by Gasteiger charge is 2.46. The Hall–Kier alpha value is -3.93. The van der Waals surface area contributed by atoms with Crippen LogP contribution < -0.4 is 0 Å². The zero-order valence-electron chi connectivity index (χ0n) is 17.7. The first-order valence-corrected chi connectivity index (χ1v) is 10.2. The van der Waals surface area contributed by atoms with Crippen molar-refractivity contribution in [1.82, 2.24) is 4.90 Å². The third kappa shape index (κ3) is 3.87. The first-order chi connectivity index (χ1) is 15.3. The number of aryl methyl sites for hydroxylation is 2. The molecule has 0 bridgehead atoms. The highest BCUT2D eigenvalue weighted by Crippen LogP contribution is 2.40. The summed E-state index contributed by atoms with van der Waals surface area (Å²) in [5, 5.41) is 20.7. The largest absolute Gasteiger partial charge is 0.508 e. The molecule has 0 aliphatic carbocycles. The maximum Gasteiger partial charge on any atom is 0.295 e. The number of aliphatic hydroxyl groups is 1. The molecule has 162 valence electrons. The summed E-state index contributed by atoms with van der Waals surface area (Å²) >= 11 is 0. The standard InChI is InChI=1S/C26H22FNO4/c1-15-3-4-16(2)19(13-15)14-28-23(17-7-11-21(29)12-8-17)22(25(31)26(28)32)24(30)18-5-9-20(27)10-6-18/h3-13,23,29-30H,14H2,1-2H3/b24-22+. The van der Waals surface area contributed by atoms with Crippen molar-refractivity contribution in [1.29, 1.82) is 0 Å². The number of benzene rings is 3. The zero-order chi connectivity index (χ0) is 23.0. The fraction of sp³-hybridized carbons (Fsp3) is 0.154. The van der Waals surface area contributed by atoms with E-state index in [1.54, 1.807) is 12.1 Å². The van der Waals surface area contributed by atoms with Gasteiger partial charge in [0.1, 0.15) is 17.3 Å². The van der Waals surface area contributed by atoms with Crippen molar-refractivity contribution in [3.8, 4) is 5.75 Å². The number of aliphatic hydroxyl groups excluding tert-OH is 1. The van der Waals surface area contributed by atoms with E-state index in [-0.39, 0.29) is 29.2 Å². The summed E-state index contributed by atoms with van der Waals surface area (Å²) in [6, 6.07) is 16.2. The molecule has 5 nitrogen and oxygen atoms in total. The molecule has 0 aromatic heterocycles. The van der Waals surface area contributed by atoms with Crippen LogP contribution >= 0.6 is 0 Å². The Bertz CT molecular complexity index is 1230. The van der Waals surface area contributed by atoms with Crippen molar-refractivity contribution < 1.29 is 24.2 Å². The number of hydrogen-bond acceptors (Lipinski definition) is 4. The summed E-state index contributed by atoms with van der Waals surface area (Å²) < 4.78 is 13.4. The molecule has 1 heterocycles. The van der Waals surface area contributed by atoms with Gasteiger partial charge in [0.15, 0.2) is 0 Å². The van der Waals surface area contributed by atoms with Crippen molar-refractivity contribution in [2.24, 2.45) is 0 Å². The van der Waals surface area contributed by atoms with Crippen LogP contribution in [0.2, 0.25) is 0 Å². The average Bonchev–Trinajstić information content (AvgIpc) is 3.02. The lowest BCUT2D eigenvalue weighted by atomic mass is 9.95. The van der Waals surface area contributed by atoms with Crippen LogP contribution in [0.15, 0.2) is 72.3 Å². The Kier molecular flexibility index (Phi) is 5.53. The van der Waals surface area contributed by atoms with Crippen LogP contribution in [0.25, 0.3) is 5.76 Å². The SMILES string of the molecule is Cc1ccc(C)c(CN2C(=O)C(=O)/C(=C(/O)c3ccc(F)cc3)C2c2ccc(O)cc2)c1. The molecule has 1 aliphatic heterocycles. The molecule has 6 heteroatoms. The number of amides is 1. The number of hydrogen-bond donors (Lipinski definition) is 2. The molecule has 3 aromatic carbocycles. The van der Waals surface area contributed by atoms with Crippen molar-refractivity contribution in [2.45, 2.75) is 26.4 Å². The quantitative estimate of drug-likeness (QED) is 0.354. The number of halogens is 1. The Morgan fingerprint density at radius 1 is 0.969 bits per heavy atom. The Balaban J connectivity index is 1.87. The summed E-state index contributed by atoms with van der Waals surface area (Å²) in [6.45, 7) is 4.05. The van der Waals surface area contributed by atoms with Crippen LogP contribution in [0.5, 0.6) is 5.75 Å². The predicted octanol–water partition coefficient (Wildman–Crippen LogP) is 4.77. The molecule has 1 aliphatic rings. The fourth-order valence-electron chi connectivity index (χ4n) is 3.96. The van der Waals surface area contributed by atoms with Crippen LogP contribution in [-0.4, -0.2) is 26.8 Å². The molecule has 1 unspecified atom stereocenters. The van der Waals surface area contributed by atoms with Gasteiger partial charge in [-0.1, -0.05) is 35.9 Å². The molecule has 1 fully saturated rings. The maximum atomic E-state index is 13.4. The lowest BCUT2D eigenvalue weighted by Gasteiger charge is -2.26. The molecule has 0 spiro atoms. The van der Waals surface area contributed by atoms with Gasteiger partial charge in [0.2, 0.25) is 0 Å². The maximum absolute atomic E-state index is 13.4. The second-order valence-corrected chi connectivity index (χ2v) is 7.96. The van der Waals surface area contributed by atoms with E-state index in [1.807, 2.05) is 32.0 Å². The number of phenols is 1. The average molecular weight is 431 g/mol. The van der Waals surface area contributed by atoms with E-state index in [9.17, 15) is 24.2 Å². The molecule has 0 radical (unpaired) electrons. The van der Waals surface area contributed by atoms with Gasteiger partial charge in [-0.15, -0.1) is 0 Å². The van der Waals surface area contributed by atoms with E-state index in [0.29, 0.717) is 5.56 Å². The monoisotopic (exact) mass is 431 g/mol. The van der Waals surface area contributed by atoms with Crippen LogP contribution in [0, 0.1) is 19.7 Å². The number of rotatable bonds is 4. The van der Waals surface area contributed by atoms with E-state index >= 15 is 0 Å². The highest BCUT2D eigenvalue weighted by molar-refractivity contribution is 6.46. The number of carbonyl (C=O) groups is 2. The van der Waals surface area contributed by atoms with Gasteiger partial charge in [0.25, 0.3) is 11.7 Å². The van der Waals surface area contributed by atoms with Crippen molar-refractivity contribution in [3.05, 3.63) is 106 Å². The van der Waals surface area contributed by atoms with Gasteiger partial charge in [-0.05, 0) is 66.9 Å². The van der Waals surface area contributed by atoms with Crippen molar-refractivity contribution in [2.75, 3.05) is 0 Å². The van der Waals surface area contributed by atoms with Gasteiger partial charge in [0.05, 0.1) is 11.6 Å². The van der Waals surface area contributed by atoms with Crippen molar-refractivity contribution >= 4 is 17.4 Å². The molecule has 2 N–H and O–H groups in total. The van der Waals surface area contributed by atoms with Gasteiger partial charge >= 0.3 is 0 Å². The molecule has 32 heavy (non-hydrogen) atoms. The van der Waals surface area contributed by atoms with Crippen LogP contribution in [0.4, 0.5) is 4.39 Å². The number of aromatic hydroxyl groups is 1. The Morgan fingerprint density at radius 2 is 1.62 bits per heavy atom. The summed E-state index contributed by atoms with van der Waals surface area (Å²) in [6.07, 6.45) is 0. The summed E-state index contributed by atoms with van der Waals surface area (Å²) in [5.41, 5.74) is 3.61. The van der Waals surface area contributed by atoms with Crippen LogP contribution in [-0.2, 0) is 16.1 Å². The van der Waals surface area contributed by atoms with E-state index in [1.165, 1.54) is 41.3 Å². The second-order valence-electron chi connectivity index (χ2n) is 7.96. The molecule has 1 saturated heterocycles. The van der Waals surface area contributed by atoms with E-state index in [0.717, 1.165) is 16.7 Å². The summed E-state index contributed by atoms with van der Waals surface area (Å²) in [5.74, 6) is -2.35. The van der Waals surface area contributed by atoms with Crippen LogP contribution in [0.1, 0.15) is 33.9 Å². The molecular formula is C26H22FNO4. The van der Waals surface area contributed by atoms with E-state index in [4.69, 9.17) is 0 Å². The molecule has 3 aromatic rings. The first kappa shape index (κ1) is 21.3. The fourth-order valence-corrected chi connectivity index (χ4v) is 3.96. The minimum atomic E-state index is -0.861.